The molecule has 5 heteroatoms. The molecular weight excluding hydrogens is 273 g/mol. The lowest BCUT2D eigenvalue weighted by atomic mass is 10.1. The monoisotopic (exact) mass is 297 g/mol. The minimum absolute atomic E-state index is 0.193. The van der Waals surface area contributed by atoms with Crippen LogP contribution in [0.5, 0.6) is 5.75 Å². The van der Waals surface area contributed by atoms with E-state index < -0.39 is 6.10 Å². The third kappa shape index (κ3) is 6.42. The summed E-state index contributed by atoms with van der Waals surface area (Å²) in [5.41, 5.74) is 0. The summed E-state index contributed by atoms with van der Waals surface area (Å²) in [7, 11) is 0. The van der Waals surface area contributed by atoms with Gasteiger partial charge in [-0.25, -0.2) is 4.39 Å². The number of hydrogen-bond acceptors (Lipinski definition) is 4. The summed E-state index contributed by atoms with van der Waals surface area (Å²) < 4.78 is 23.7. The van der Waals surface area contributed by atoms with Gasteiger partial charge in [-0.2, -0.15) is 0 Å². The van der Waals surface area contributed by atoms with Gasteiger partial charge in [0, 0.05) is 13.2 Å². The van der Waals surface area contributed by atoms with Crippen molar-refractivity contribution in [1.82, 2.24) is 5.32 Å². The third-order valence-electron chi connectivity index (χ3n) is 3.55. The van der Waals surface area contributed by atoms with Crippen molar-refractivity contribution in [1.29, 1.82) is 0 Å². The molecule has 0 spiro atoms. The Morgan fingerprint density at radius 3 is 2.86 bits per heavy atom. The number of aliphatic hydroxyl groups is 1. The van der Waals surface area contributed by atoms with Crippen LogP contribution < -0.4 is 10.1 Å². The molecule has 0 saturated carbocycles. The van der Waals surface area contributed by atoms with Crippen molar-refractivity contribution in [2.75, 3.05) is 26.3 Å². The van der Waals surface area contributed by atoms with Gasteiger partial charge in [0.05, 0.1) is 6.10 Å². The molecule has 118 valence electrons. The number of halogens is 1. The summed E-state index contributed by atoms with van der Waals surface area (Å²) in [5.74, 6) is 0.264. The molecule has 1 aliphatic rings. The molecule has 0 bridgehead atoms. The van der Waals surface area contributed by atoms with Gasteiger partial charge >= 0.3 is 0 Å². The van der Waals surface area contributed by atoms with Crippen molar-refractivity contribution in [3.63, 3.8) is 0 Å². The predicted octanol–water partition coefficient (Wildman–Crippen LogP) is 2.11. The Balaban J connectivity index is 1.52. The van der Waals surface area contributed by atoms with Crippen LogP contribution in [0.25, 0.3) is 0 Å². The van der Waals surface area contributed by atoms with Crippen molar-refractivity contribution in [2.24, 2.45) is 0 Å². The van der Waals surface area contributed by atoms with E-state index in [0.29, 0.717) is 18.4 Å². The first-order chi connectivity index (χ1) is 10.2. The van der Waals surface area contributed by atoms with E-state index in [2.05, 4.69) is 5.32 Å². The summed E-state index contributed by atoms with van der Waals surface area (Å²) in [4.78, 5) is 0. The lowest BCUT2D eigenvalue weighted by Gasteiger charge is -2.22. The molecule has 1 fully saturated rings. The normalized spacial score (nSPS) is 20.2. The molecule has 0 radical (unpaired) electrons. The van der Waals surface area contributed by atoms with Crippen LogP contribution in [0.15, 0.2) is 24.3 Å². The topological polar surface area (TPSA) is 50.7 Å². The lowest BCUT2D eigenvalue weighted by Crippen LogP contribution is -2.33. The van der Waals surface area contributed by atoms with Crippen LogP contribution in [-0.4, -0.2) is 43.6 Å². The number of nitrogens with one attached hydrogen (secondary N) is 1. The molecule has 4 nitrogen and oxygen atoms in total. The number of hydrogen-bond donors (Lipinski definition) is 2. The molecular formula is C16H24FNO3. The summed E-state index contributed by atoms with van der Waals surface area (Å²) in [6.07, 6.45) is 4.31. The van der Waals surface area contributed by atoms with Gasteiger partial charge in [0.2, 0.25) is 0 Å². The molecule has 2 unspecified atom stereocenters. The summed E-state index contributed by atoms with van der Waals surface area (Å²) in [6, 6.07) is 5.78. The Morgan fingerprint density at radius 2 is 2.14 bits per heavy atom. The maximum absolute atomic E-state index is 12.7. The van der Waals surface area contributed by atoms with Gasteiger partial charge in [0.1, 0.15) is 24.3 Å². The van der Waals surface area contributed by atoms with Crippen LogP contribution >= 0.6 is 0 Å². The highest BCUT2D eigenvalue weighted by atomic mass is 19.1. The molecule has 0 aromatic heterocycles. The zero-order valence-corrected chi connectivity index (χ0v) is 12.3. The Bertz CT molecular complexity index is 393. The SMILES string of the molecule is OC(CNCCC1CCCCO1)COc1ccc(F)cc1. The highest BCUT2D eigenvalue weighted by molar-refractivity contribution is 5.22. The first-order valence-corrected chi connectivity index (χ1v) is 7.63. The fourth-order valence-corrected chi connectivity index (χ4v) is 2.35. The largest absolute Gasteiger partial charge is 0.491 e. The zero-order chi connectivity index (χ0) is 14.9. The molecule has 2 N–H and O–H groups in total. The lowest BCUT2D eigenvalue weighted by molar-refractivity contribution is 0.0109. The number of rotatable bonds is 8. The third-order valence-corrected chi connectivity index (χ3v) is 3.55. The van der Waals surface area contributed by atoms with Gasteiger partial charge in [0.25, 0.3) is 0 Å². The van der Waals surface area contributed by atoms with E-state index in [1.54, 1.807) is 12.1 Å². The molecule has 0 amide bonds. The fourth-order valence-electron chi connectivity index (χ4n) is 2.35. The average Bonchev–Trinajstić information content (AvgIpc) is 2.52. The molecule has 1 saturated heterocycles. The standard InChI is InChI=1S/C16H24FNO3/c17-13-4-6-16(7-5-13)21-12-14(19)11-18-9-8-15-3-1-2-10-20-15/h4-7,14-15,18-19H,1-3,8-12H2. The van der Waals surface area contributed by atoms with Crippen molar-refractivity contribution in [2.45, 2.75) is 37.9 Å². The van der Waals surface area contributed by atoms with E-state index in [0.717, 1.165) is 26.0 Å². The van der Waals surface area contributed by atoms with E-state index in [1.807, 2.05) is 0 Å². The van der Waals surface area contributed by atoms with Gasteiger partial charge < -0.3 is 19.9 Å². The minimum Gasteiger partial charge on any atom is -0.491 e. The van der Waals surface area contributed by atoms with Gasteiger partial charge in [-0.3, -0.25) is 0 Å². The quantitative estimate of drug-likeness (QED) is 0.722. The Labute approximate surface area is 125 Å². The molecule has 0 aliphatic carbocycles. The predicted molar refractivity (Wildman–Crippen MR) is 79.0 cm³/mol. The fraction of sp³-hybridized carbons (Fsp3) is 0.625. The van der Waals surface area contributed by atoms with Crippen LogP contribution in [0.2, 0.25) is 0 Å². The van der Waals surface area contributed by atoms with Crippen molar-refractivity contribution < 1.29 is 19.0 Å². The zero-order valence-electron chi connectivity index (χ0n) is 12.3. The van der Waals surface area contributed by atoms with Crippen molar-refractivity contribution >= 4 is 0 Å². The van der Waals surface area contributed by atoms with E-state index in [4.69, 9.17) is 9.47 Å². The molecule has 1 heterocycles. The molecule has 2 rings (SSSR count). The minimum atomic E-state index is -0.581. The highest BCUT2D eigenvalue weighted by Gasteiger charge is 2.13. The van der Waals surface area contributed by atoms with Gasteiger partial charge in [-0.05, 0) is 56.5 Å². The summed E-state index contributed by atoms with van der Waals surface area (Å²) in [6.45, 7) is 2.38. The van der Waals surface area contributed by atoms with Crippen molar-refractivity contribution in [3.05, 3.63) is 30.1 Å². The van der Waals surface area contributed by atoms with Gasteiger partial charge in [0.15, 0.2) is 0 Å². The Kier molecular flexibility index (Phi) is 6.92. The van der Waals surface area contributed by atoms with Crippen LogP contribution in [0.3, 0.4) is 0 Å². The van der Waals surface area contributed by atoms with Crippen molar-refractivity contribution in [3.8, 4) is 5.75 Å². The van der Waals surface area contributed by atoms with Gasteiger partial charge in [-0.15, -0.1) is 0 Å². The van der Waals surface area contributed by atoms with Crippen LogP contribution in [-0.2, 0) is 4.74 Å². The maximum Gasteiger partial charge on any atom is 0.123 e. The molecule has 21 heavy (non-hydrogen) atoms. The van der Waals surface area contributed by atoms with Gasteiger partial charge in [-0.1, -0.05) is 0 Å². The van der Waals surface area contributed by atoms with E-state index in [-0.39, 0.29) is 12.4 Å². The smallest absolute Gasteiger partial charge is 0.123 e. The van der Waals surface area contributed by atoms with E-state index >= 15 is 0 Å². The van der Waals surface area contributed by atoms with Crippen LogP contribution in [0, 0.1) is 5.82 Å². The van der Waals surface area contributed by atoms with E-state index in [1.165, 1.54) is 25.0 Å². The second kappa shape index (κ2) is 8.97. The number of ether oxygens (including phenoxy) is 2. The first kappa shape index (κ1) is 16.2. The van der Waals surface area contributed by atoms with Crippen LogP contribution in [0.4, 0.5) is 4.39 Å². The molecule has 1 aliphatic heterocycles. The number of benzene rings is 1. The second-order valence-electron chi connectivity index (χ2n) is 5.40. The average molecular weight is 297 g/mol. The maximum atomic E-state index is 12.7. The molecule has 1 aromatic carbocycles. The van der Waals surface area contributed by atoms with E-state index in [9.17, 15) is 9.50 Å². The summed E-state index contributed by atoms with van der Waals surface area (Å²) >= 11 is 0. The molecule has 2 atom stereocenters. The highest BCUT2D eigenvalue weighted by Crippen LogP contribution is 2.14. The van der Waals surface area contributed by atoms with Crippen LogP contribution in [0.1, 0.15) is 25.7 Å². The first-order valence-electron chi connectivity index (χ1n) is 7.63. The Hall–Kier alpha value is -1.17. The molecule has 1 aromatic rings. The summed E-state index contributed by atoms with van der Waals surface area (Å²) in [5, 5.41) is 13.0. The second-order valence-corrected chi connectivity index (χ2v) is 5.40. The number of aliphatic hydroxyl groups excluding tert-OH is 1. The Morgan fingerprint density at radius 1 is 1.33 bits per heavy atom.